The highest BCUT2D eigenvalue weighted by molar-refractivity contribution is 5.70. The van der Waals surface area contributed by atoms with E-state index in [2.05, 4.69) is 10.6 Å². The molecule has 2 heterocycles. The van der Waals surface area contributed by atoms with Gasteiger partial charge in [0.05, 0.1) is 29.4 Å². The zero-order valence-corrected chi connectivity index (χ0v) is 16.3. The Morgan fingerprint density at radius 1 is 1.10 bits per heavy atom. The fourth-order valence-corrected chi connectivity index (χ4v) is 3.54. The number of piperidine rings is 1. The van der Waals surface area contributed by atoms with Crippen LogP contribution in [0.25, 0.3) is 0 Å². The Morgan fingerprint density at radius 3 is 2.13 bits per heavy atom. The molecule has 3 rings (SSSR count). The summed E-state index contributed by atoms with van der Waals surface area (Å²) in [5, 5.41) is 6.01. The van der Waals surface area contributed by atoms with Gasteiger partial charge in [0.1, 0.15) is 6.61 Å². The van der Waals surface area contributed by atoms with E-state index in [1.807, 2.05) is 6.92 Å². The summed E-state index contributed by atoms with van der Waals surface area (Å²) < 4.78 is 88.9. The molecule has 11 heteroatoms. The van der Waals surface area contributed by atoms with Gasteiger partial charge in [0.2, 0.25) is 0 Å². The van der Waals surface area contributed by atoms with Crippen molar-refractivity contribution in [1.29, 1.82) is 0 Å². The fourth-order valence-electron chi connectivity index (χ4n) is 3.54. The molecule has 0 bridgehead atoms. The van der Waals surface area contributed by atoms with Crippen LogP contribution in [0.4, 0.5) is 31.1 Å². The molecule has 168 valence electrons. The summed E-state index contributed by atoms with van der Waals surface area (Å²) in [6.45, 7) is 3.97. The van der Waals surface area contributed by atoms with Crippen LogP contribution in [0.5, 0.6) is 0 Å². The molecular weight excluding hydrogens is 418 g/mol. The molecule has 2 fully saturated rings. The summed E-state index contributed by atoms with van der Waals surface area (Å²) in [5.74, 6) is 0. The Bertz CT molecular complexity index is 768. The number of amides is 1. The summed E-state index contributed by atoms with van der Waals surface area (Å²) in [6, 6.07) is 1.45. The summed E-state index contributed by atoms with van der Waals surface area (Å²) in [5.41, 5.74) is -4.01. The van der Waals surface area contributed by atoms with Gasteiger partial charge in [0.15, 0.2) is 0 Å². The summed E-state index contributed by atoms with van der Waals surface area (Å²) in [7, 11) is 0. The first kappa shape index (κ1) is 22.7. The molecule has 2 aliphatic rings. The molecule has 0 radical (unpaired) electrons. The average Bonchev–Trinajstić information content (AvgIpc) is 3.02. The SMILES string of the molecule is C[C@@H](OC[C@@]1(C)CC[C@]2(CN1)COC(=O)N2)c1cc(C(F)(F)F)cc(C(F)(F)F)c1. The normalized spacial score (nSPS) is 28.3. The van der Waals surface area contributed by atoms with E-state index < -0.39 is 46.8 Å². The van der Waals surface area contributed by atoms with E-state index in [1.165, 1.54) is 6.92 Å². The van der Waals surface area contributed by atoms with Gasteiger partial charge in [0.25, 0.3) is 0 Å². The van der Waals surface area contributed by atoms with Crippen molar-refractivity contribution in [2.24, 2.45) is 0 Å². The van der Waals surface area contributed by atoms with E-state index in [0.717, 1.165) is 0 Å². The van der Waals surface area contributed by atoms with E-state index in [0.29, 0.717) is 31.5 Å². The first-order chi connectivity index (χ1) is 13.7. The largest absolute Gasteiger partial charge is 0.447 e. The Morgan fingerprint density at radius 2 is 1.70 bits per heavy atom. The molecule has 3 atom stereocenters. The van der Waals surface area contributed by atoms with Gasteiger partial charge in [-0.05, 0) is 50.5 Å². The lowest BCUT2D eigenvalue weighted by molar-refractivity contribution is -0.143. The Balaban J connectivity index is 1.69. The number of cyclic esters (lactones) is 1. The molecule has 0 aromatic heterocycles. The van der Waals surface area contributed by atoms with Crippen LogP contribution in [0, 0.1) is 0 Å². The standard InChI is InChI=1S/C19H22F6N2O3/c1-11(12-5-13(18(20,21)22)7-14(6-12)19(23,24)25)29-9-16(2)3-4-17(8-26-16)10-30-15(28)27-17/h5-7,11,26H,3-4,8-10H2,1-2H3,(H,27,28)/t11-,16-,17+/m1/s1. The molecular formula is C19H22F6N2O3. The van der Waals surface area contributed by atoms with Crippen LogP contribution in [0.1, 0.15) is 49.5 Å². The van der Waals surface area contributed by atoms with Crippen LogP contribution in [-0.4, -0.2) is 36.9 Å². The van der Waals surface area contributed by atoms with E-state index in [9.17, 15) is 31.1 Å². The minimum atomic E-state index is -4.91. The van der Waals surface area contributed by atoms with E-state index in [1.54, 1.807) is 0 Å². The molecule has 2 saturated heterocycles. The quantitative estimate of drug-likeness (QED) is 0.681. The van der Waals surface area contributed by atoms with Crippen molar-refractivity contribution in [2.75, 3.05) is 19.8 Å². The Kier molecular flexibility index (Phi) is 5.74. The highest BCUT2D eigenvalue weighted by Crippen LogP contribution is 2.38. The number of ether oxygens (including phenoxy) is 2. The number of benzene rings is 1. The Labute approximate surface area is 169 Å². The fraction of sp³-hybridized carbons (Fsp3) is 0.632. The summed E-state index contributed by atoms with van der Waals surface area (Å²) in [4.78, 5) is 11.3. The molecule has 2 N–H and O–H groups in total. The Hall–Kier alpha value is -2.01. The van der Waals surface area contributed by atoms with Gasteiger partial charge in [-0.3, -0.25) is 0 Å². The second kappa shape index (κ2) is 7.60. The van der Waals surface area contributed by atoms with Gasteiger partial charge in [0, 0.05) is 12.1 Å². The average molecular weight is 440 g/mol. The zero-order chi connectivity index (χ0) is 22.4. The molecule has 0 aliphatic carbocycles. The van der Waals surface area contributed by atoms with Crippen molar-refractivity contribution < 1.29 is 40.6 Å². The monoisotopic (exact) mass is 440 g/mol. The molecule has 2 aliphatic heterocycles. The van der Waals surface area contributed by atoms with Crippen molar-refractivity contribution in [3.63, 3.8) is 0 Å². The van der Waals surface area contributed by atoms with E-state index in [-0.39, 0.29) is 24.8 Å². The molecule has 0 unspecified atom stereocenters. The molecule has 1 amide bonds. The highest BCUT2D eigenvalue weighted by atomic mass is 19.4. The third-order valence-electron chi connectivity index (χ3n) is 5.59. The minimum Gasteiger partial charge on any atom is -0.447 e. The first-order valence-corrected chi connectivity index (χ1v) is 9.32. The van der Waals surface area contributed by atoms with Gasteiger partial charge in [-0.25, -0.2) is 4.79 Å². The lowest BCUT2D eigenvalue weighted by Crippen LogP contribution is -2.63. The molecule has 1 spiro atoms. The maximum atomic E-state index is 13.1. The van der Waals surface area contributed by atoms with Crippen molar-refractivity contribution in [3.8, 4) is 0 Å². The number of hydrogen-bond acceptors (Lipinski definition) is 4. The van der Waals surface area contributed by atoms with E-state index >= 15 is 0 Å². The lowest BCUT2D eigenvalue weighted by Gasteiger charge is -2.43. The van der Waals surface area contributed by atoms with Crippen LogP contribution in [-0.2, 0) is 21.8 Å². The predicted molar refractivity (Wildman–Crippen MR) is 93.7 cm³/mol. The molecule has 5 nitrogen and oxygen atoms in total. The smallest absolute Gasteiger partial charge is 0.416 e. The minimum absolute atomic E-state index is 0.0661. The number of carbonyl (C=O) groups is 1. The molecule has 1 aromatic carbocycles. The zero-order valence-electron chi connectivity index (χ0n) is 16.3. The maximum absolute atomic E-state index is 13.1. The summed E-state index contributed by atoms with van der Waals surface area (Å²) >= 11 is 0. The van der Waals surface area contributed by atoms with Gasteiger partial charge in [-0.1, -0.05) is 0 Å². The molecule has 30 heavy (non-hydrogen) atoms. The van der Waals surface area contributed by atoms with Crippen LogP contribution < -0.4 is 10.6 Å². The van der Waals surface area contributed by atoms with Gasteiger partial charge >= 0.3 is 18.4 Å². The highest BCUT2D eigenvalue weighted by Gasteiger charge is 2.46. The predicted octanol–water partition coefficient (Wildman–Crippen LogP) is 4.42. The number of carbonyl (C=O) groups excluding carboxylic acids is 1. The van der Waals surface area contributed by atoms with Crippen LogP contribution in [0.3, 0.4) is 0 Å². The van der Waals surface area contributed by atoms with Crippen LogP contribution in [0.2, 0.25) is 0 Å². The van der Waals surface area contributed by atoms with Gasteiger partial charge < -0.3 is 20.1 Å². The molecule has 1 aromatic rings. The van der Waals surface area contributed by atoms with Gasteiger partial charge in [-0.15, -0.1) is 0 Å². The first-order valence-electron chi connectivity index (χ1n) is 9.32. The van der Waals surface area contributed by atoms with E-state index in [4.69, 9.17) is 9.47 Å². The van der Waals surface area contributed by atoms with Crippen LogP contribution in [0.15, 0.2) is 18.2 Å². The summed E-state index contributed by atoms with van der Waals surface area (Å²) in [6.07, 6.45) is -10.1. The van der Waals surface area contributed by atoms with Crippen molar-refractivity contribution in [1.82, 2.24) is 10.6 Å². The lowest BCUT2D eigenvalue weighted by atomic mass is 9.82. The number of alkyl halides is 6. The van der Waals surface area contributed by atoms with Gasteiger partial charge in [-0.2, -0.15) is 26.3 Å². The second-order valence-corrected chi connectivity index (χ2v) is 8.19. The number of halogens is 6. The van der Waals surface area contributed by atoms with Crippen molar-refractivity contribution in [2.45, 2.75) is 56.2 Å². The number of nitrogens with one attached hydrogen (secondary N) is 2. The number of hydrogen-bond donors (Lipinski definition) is 2. The van der Waals surface area contributed by atoms with Crippen LogP contribution >= 0.6 is 0 Å². The van der Waals surface area contributed by atoms with Crippen molar-refractivity contribution in [3.05, 3.63) is 34.9 Å². The molecule has 0 saturated carbocycles. The third kappa shape index (κ3) is 5.00. The number of alkyl carbamates (subject to hydrolysis) is 1. The number of rotatable bonds is 4. The topological polar surface area (TPSA) is 59.6 Å². The maximum Gasteiger partial charge on any atom is 0.416 e. The third-order valence-corrected chi connectivity index (χ3v) is 5.59. The van der Waals surface area contributed by atoms with Crippen molar-refractivity contribution >= 4 is 6.09 Å². The second-order valence-electron chi connectivity index (χ2n) is 8.19.